The molecule has 46 heavy (non-hydrogen) atoms. The van der Waals surface area contributed by atoms with Gasteiger partial charge in [0.05, 0.1) is 59.2 Å². The van der Waals surface area contributed by atoms with Crippen LogP contribution >= 0.6 is 0 Å². The number of ketones is 2. The lowest BCUT2D eigenvalue weighted by Crippen LogP contribution is -2.34. The van der Waals surface area contributed by atoms with Crippen molar-refractivity contribution in [3.63, 3.8) is 0 Å². The number of fused-ring (bicyclic) bond motifs is 10. The second-order valence-corrected chi connectivity index (χ2v) is 15.0. The molecule has 244 valence electrons. The van der Waals surface area contributed by atoms with Gasteiger partial charge in [-0.2, -0.15) is 0 Å². The zero-order valence-corrected chi connectivity index (χ0v) is 28.4. The summed E-state index contributed by atoms with van der Waals surface area (Å²) in [6.07, 6.45) is 4.03. The average Bonchev–Trinajstić information content (AvgIpc) is 3.83. The highest BCUT2D eigenvalue weighted by Gasteiger charge is 2.63. The van der Waals surface area contributed by atoms with Crippen LogP contribution in [0.25, 0.3) is 11.1 Å². The lowest BCUT2D eigenvalue weighted by atomic mass is 9.74. The molecule has 4 fully saturated rings. The highest BCUT2D eigenvalue weighted by molar-refractivity contribution is 6.26. The Kier molecular flexibility index (Phi) is 7.64. The van der Waals surface area contributed by atoms with Gasteiger partial charge in [-0.3, -0.25) is 9.59 Å². The number of ether oxygens (including phenoxy) is 2. The molecular weight excluding hydrogens is 576 g/mol. The van der Waals surface area contributed by atoms with E-state index in [9.17, 15) is 19.8 Å². The van der Waals surface area contributed by atoms with Crippen LogP contribution in [0.1, 0.15) is 84.0 Å². The molecule has 0 radical (unpaired) electrons. The summed E-state index contributed by atoms with van der Waals surface area (Å²) in [5.74, 6) is 1.08. The molecule has 0 spiro atoms. The van der Waals surface area contributed by atoms with Gasteiger partial charge in [-0.25, -0.2) is 0 Å². The van der Waals surface area contributed by atoms with Crippen molar-refractivity contribution in [2.24, 2.45) is 35.5 Å². The normalized spacial score (nSPS) is 35.3. The summed E-state index contributed by atoms with van der Waals surface area (Å²) in [5.41, 5.74) is 9.62. The molecule has 0 unspecified atom stereocenters. The smallest absolute Gasteiger partial charge is 0.173 e. The third-order valence-electron chi connectivity index (χ3n) is 12.1. The zero-order valence-electron chi connectivity index (χ0n) is 28.4. The molecule has 4 bridgehead atoms. The van der Waals surface area contributed by atoms with Crippen LogP contribution in [-0.4, -0.2) is 46.2 Å². The molecule has 4 aliphatic heterocycles. The monoisotopic (exact) mass is 624 g/mol. The van der Waals surface area contributed by atoms with Crippen LogP contribution in [0.2, 0.25) is 0 Å². The van der Waals surface area contributed by atoms with Gasteiger partial charge >= 0.3 is 0 Å². The summed E-state index contributed by atoms with van der Waals surface area (Å²) < 4.78 is 12.1. The zero-order chi connectivity index (χ0) is 32.9. The van der Waals surface area contributed by atoms with Gasteiger partial charge in [0, 0.05) is 0 Å². The number of carbonyl (C=O) groups excluding carboxylic acids is 2. The minimum Gasteiger partial charge on any atom is -0.511 e. The third-order valence-corrected chi connectivity index (χ3v) is 12.1. The molecule has 6 aliphatic rings. The molecule has 8 rings (SSSR count). The van der Waals surface area contributed by atoms with Crippen LogP contribution in [0.4, 0.5) is 0 Å². The molecule has 0 amide bonds. The van der Waals surface area contributed by atoms with Crippen LogP contribution in [0.15, 0.2) is 35.8 Å². The van der Waals surface area contributed by atoms with Gasteiger partial charge in [0.2, 0.25) is 0 Å². The van der Waals surface area contributed by atoms with Crippen molar-refractivity contribution in [3.8, 4) is 0 Å². The number of aliphatic hydroxyl groups excluding tert-OH is 2. The first kappa shape index (κ1) is 31.4. The summed E-state index contributed by atoms with van der Waals surface area (Å²) in [6.45, 7) is 16.5. The van der Waals surface area contributed by atoms with E-state index in [0.717, 1.165) is 59.1 Å². The maximum atomic E-state index is 13.1. The fourth-order valence-corrected chi connectivity index (χ4v) is 10.4. The number of aryl methyl sites for hydroxylation is 6. The van der Waals surface area contributed by atoms with Crippen molar-refractivity contribution in [3.05, 3.63) is 80.3 Å². The number of aliphatic hydroxyl groups is 2. The number of hydrogen-bond acceptors (Lipinski definition) is 6. The minimum atomic E-state index is -0.169. The Balaban J connectivity index is 0.000000147. The SMILES string of the molecule is CC[C@@H]1C[C@@H]2O[C@H]1[C@H]1C(O)=C(c3c(C)cc(C)cc3C)C(=O)[C@H]12.CC[C@H]1C[C@@H]2O[C@H]1[C@H]1C(O)=C(c3c(C)cc(C)cc3C)C(=O)[C@H]12. The summed E-state index contributed by atoms with van der Waals surface area (Å²) in [4.78, 5) is 26.1. The van der Waals surface area contributed by atoms with E-state index in [-0.39, 0.29) is 71.2 Å². The maximum Gasteiger partial charge on any atom is 0.173 e. The van der Waals surface area contributed by atoms with E-state index in [0.29, 0.717) is 23.0 Å². The van der Waals surface area contributed by atoms with Gasteiger partial charge in [-0.1, -0.05) is 62.1 Å². The van der Waals surface area contributed by atoms with Gasteiger partial charge in [0.15, 0.2) is 11.6 Å². The topological polar surface area (TPSA) is 93.1 Å². The Bertz CT molecular complexity index is 1540. The second-order valence-electron chi connectivity index (χ2n) is 15.0. The van der Waals surface area contributed by atoms with Crippen molar-refractivity contribution < 1.29 is 29.3 Å². The van der Waals surface area contributed by atoms with Crippen molar-refractivity contribution in [1.82, 2.24) is 0 Å². The third kappa shape index (κ3) is 4.42. The Morgan fingerprint density at radius 2 is 0.913 bits per heavy atom. The number of Topliss-reactive ketones (excluding diaryl/α,β-unsaturated/α-hetero) is 2. The first-order valence-electron chi connectivity index (χ1n) is 17.3. The molecule has 10 atom stereocenters. The molecule has 2 aliphatic carbocycles. The number of allylic oxidation sites excluding steroid dienone is 2. The van der Waals surface area contributed by atoms with Crippen LogP contribution in [-0.2, 0) is 19.1 Å². The summed E-state index contributed by atoms with van der Waals surface area (Å²) >= 11 is 0. The van der Waals surface area contributed by atoms with E-state index in [1.807, 2.05) is 27.7 Å². The van der Waals surface area contributed by atoms with E-state index < -0.39 is 0 Å². The Labute approximate surface area is 272 Å². The van der Waals surface area contributed by atoms with Gasteiger partial charge in [0.1, 0.15) is 11.5 Å². The molecular formula is C40H48O6. The average molecular weight is 625 g/mol. The predicted molar refractivity (Wildman–Crippen MR) is 178 cm³/mol. The van der Waals surface area contributed by atoms with E-state index in [4.69, 9.17) is 9.47 Å². The largest absolute Gasteiger partial charge is 0.511 e. The van der Waals surface area contributed by atoms with Gasteiger partial charge in [-0.05, 0) is 99.6 Å². The van der Waals surface area contributed by atoms with Crippen molar-refractivity contribution >= 4 is 22.7 Å². The Morgan fingerprint density at radius 1 is 0.587 bits per heavy atom. The Morgan fingerprint density at radius 3 is 1.22 bits per heavy atom. The highest BCUT2D eigenvalue weighted by Crippen LogP contribution is 2.58. The molecule has 0 saturated carbocycles. The summed E-state index contributed by atoms with van der Waals surface area (Å²) in [6, 6.07) is 8.35. The van der Waals surface area contributed by atoms with Gasteiger partial charge in [0.25, 0.3) is 0 Å². The summed E-state index contributed by atoms with van der Waals surface area (Å²) in [7, 11) is 0. The first-order chi connectivity index (χ1) is 21.9. The standard InChI is InChI=1S/2C20H24O3/c2*1-5-12-8-13-15-17(20(12)23-13)19(22)16(18(15)21)14-10(3)6-9(2)7-11(14)4/h2*6-7,12-13,15,17,20,22H,5,8H2,1-4H3/t12-,13+,15+,17-,20-;12-,13-,15-,17+,20+/m10/s1. The first-order valence-corrected chi connectivity index (χ1v) is 17.3. The molecule has 6 heteroatoms. The summed E-state index contributed by atoms with van der Waals surface area (Å²) in [5, 5.41) is 21.8. The van der Waals surface area contributed by atoms with Crippen LogP contribution in [0.5, 0.6) is 0 Å². The molecule has 4 saturated heterocycles. The van der Waals surface area contributed by atoms with E-state index in [2.05, 4.69) is 52.0 Å². The van der Waals surface area contributed by atoms with Crippen molar-refractivity contribution in [2.75, 3.05) is 0 Å². The number of rotatable bonds is 4. The molecule has 4 heterocycles. The maximum absolute atomic E-state index is 13.1. The van der Waals surface area contributed by atoms with Crippen molar-refractivity contribution in [1.29, 1.82) is 0 Å². The molecule has 2 aromatic rings. The lowest BCUT2D eigenvalue weighted by Gasteiger charge is -2.26. The highest BCUT2D eigenvalue weighted by atomic mass is 16.5. The lowest BCUT2D eigenvalue weighted by molar-refractivity contribution is -0.119. The van der Waals surface area contributed by atoms with Crippen LogP contribution in [0, 0.1) is 77.0 Å². The fraction of sp³-hybridized carbons (Fsp3) is 0.550. The molecule has 0 aromatic heterocycles. The number of hydrogen-bond donors (Lipinski definition) is 2. The van der Waals surface area contributed by atoms with Gasteiger partial charge in [-0.15, -0.1) is 0 Å². The molecule has 6 nitrogen and oxygen atoms in total. The number of carbonyl (C=O) groups is 2. The van der Waals surface area contributed by atoms with E-state index in [1.54, 1.807) is 0 Å². The second kappa shape index (κ2) is 11.2. The molecule has 2 aromatic carbocycles. The molecule has 2 N–H and O–H groups in total. The van der Waals surface area contributed by atoms with Crippen molar-refractivity contribution in [2.45, 2.75) is 105 Å². The quantitative estimate of drug-likeness (QED) is 0.361. The van der Waals surface area contributed by atoms with Crippen LogP contribution in [0.3, 0.4) is 0 Å². The van der Waals surface area contributed by atoms with Crippen LogP contribution < -0.4 is 0 Å². The number of benzene rings is 2. The van der Waals surface area contributed by atoms with E-state index >= 15 is 0 Å². The fourth-order valence-electron chi connectivity index (χ4n) is 10.4. The minimum absolute atomic E-state index is 0.00633. The van der Waals surface area contributed by atoms with Gasteiger partial charge < -0.3 is 19.7 Å². The Hall–Kier alpha value is -3.22. The van der Waals surface area contributed by atoms with E-state index in [1.165, 1.54) is 11.1 Å². The predicted octanol–water partition coefficient (Wildman–Crippen LogP) is 7.79.